The lowest BCUT2D eigenvalue weighted by Gasteiger charge is -2.06. The average Bonchev–Trinajstić information content (AvgIpc) is 2.55. The van der Waals surface area contributed by atoms with Gasteiger partial charge in [-0.1, -0.05) is 17.3 Å². The Labute approximate surface area is 123 Å². The summed E-state index contributed by atoms with van der Waals surface area (Å²) in [7, 11) is 0. The third-order valence-electron chi connectivity index (χ3n) is 3.03. The van der Waals surface area contributed by atoms with Crippen molar-refractivity contribution in [2.24, 2.45) is 0 Å². The average molecular weight is 299 g/mol. The van der Waals surface area contributed by atoms with Gasteiger partial charge in [0.25, 0.3) is 5.56 Å². The summed E-state index contributed by atoms with van der Waals surface area (Å²) >= 11 is 0. The van der Waals surface area contributed by atoms with Crippen molar-refractivity contribution in [3.05, 3.63) is 70.3 Å². The van der Waals surface area contributed by atoms with Crippen molar-refractivity contribution < 1.29 is 13.9 Å². The molecule has 0 saturated carbocycles. The van der Waals surface area contributed by atoms with Gasteiger partial charge in [-0.2, -0.15) is 4.68 Å². The third kappa shape index (κ3) is 2.69. The Morgan fingerprint density at radius 1 is 1.14 bits per heavy atom. The lowest BCUT2D eigenvalue weighted by atomic mass is 10.2. The maximum atomic E-state index is 12.8. The van der Waals surface area contributed by atoms with Gasteiger partial charge in [-0.15, -0.1) is 5.10 Å². The first-order valence-electron chi connectivity index (χ1n) is 6.40. The Morgan fingerprint density at radius 2 is 1.86 bits per heavy atom. The number of carbonyl (C=O) groups excluding carboxylic acids is 1. The summed E-state index contributed by atoms with van der Waals surface area (Å²) in [6.07, 6.45) is 0. The van der Waals surface area contributed by atoms with Crippen molar-refractivity contribution in [2.45, 2.75) is 6.73 Å². The van der Waals surface area contributed by atoms with Crippen molar-refractivity contribution in [1.82, 2.24) is 15.0 Å². The van der Waals surface area contributed by atoms with E-state index in [0.29, 0.717) is 10.9 Å². The van der Waals surface area contributed by atoms with Gasteiger partial charge in [-0.05, 0) is 36.4 Å². The Hall–Kier alpha value is -3.09. The molecule has 1 aromatic heterocycles. The molecule has 1 heterocycles. The van der Waals surface area contributed by atoms with Gasteiger partial charge in [0.2, 0.25) is 0 Å². The minimum Gasteiger partial charge on any atom is -0.439 e. The van der Waals surface area contributed by atoms with Crippen LogP contribution in [0, 0.1) is 5.82 Å². The fraction of sp³-hybridized carbons (Fsp3) is 0.0667. The topological polar surface area (TPSA) is 74.1 Å². The van der Waals surface area contributed by atoms with Gasteiger partial charge in [0, 0.05) is 0 Å². The molecule has 0 N–H and O–H groups in total. The van der Waals surface area contributed by atoms with Crippen LogP contribution in [0.3, 0.4) is 0 Å². The molecule has 3 rings (SSSR count). The largest absolute Gasteiger partial charge is 0.439 e. The minimum absolute atomic E-state index is 0.184. The lowest BCUT2D eigenvalue weighted by molar-refractivity contribution is 0.0336. The van der Waals surface area contributed by atoms with Crippen LogP contribution in [-0.2, 0) is 11.5 Å². The van der Waals surface area contributed by atoms with Crippen LogP contribution in [-0.4, -0.2) is 21.0 Å². The summed E-state index contributed by atoms with van der Waals surface area (Å²) in [5.74, 6) is -1.13. The Kier molecular flexibility index (Phi) is 3.61. The van der Waals surface area contributed by atoms with E-state index in [1.807, 2.05) is 0 Å². The summed E-state index contributed by atoms with van der Waals surface area (Å²) in [6.45, 7) is -0.368. The number of rotatable bonds is 3. The standard InChI is InChI=1S/C15H10FN3O3/c16-11-7-5-10(6-8-11)15(21)22-9-19-14(20)12-3-1-2-4-13(12)17-18-19/h1-8H,9H2. The van der Waals surface area contributed by atoms with E-state index in [2.05, 4.69) is 10.3 Å². The van der Waals surface area contributed by atoms with Crippen LogP contribution < -0.4 is 5.56 Å². The van der Waals surface area contributed by atoms with Crippen LogP contribution in [0.4, 0.5) is 4.39 Å². The molecular weight excluding hydrogens is 289 g/mol. The number of fused-ring (bicyclic) bond motifs is 1. The van der Waals surface area contributed by atoms with Gasteiger partial charge in [-0.25, -0.2) is 9.18 Å². The molecule has 0 radical (unpaired) electrons. The zero-order valence-corrected chi connectivity index (χ0v) is 11.3. The second-order valence-corrected chi connectivity index (χ2v) is 4.48. The molecule has 0 aliphatic rings. The molecule has 3 aromatic rings. The van der Waals surface area contributed by atoms with Gasteiger partial charge < -0.3 is 4.74 Å². The van der Waals surface area contributed by atoms with Crippen LogP contribution in [0.25, 0.3) is 10.9 Å². The molecule has 110 valence electrons. The van der Waals surface area contributed by atoms with Gasteiger partial charge in [0.1, 0.15) is 11.3 Å². The number of nitrogens with zero attached hydrogens (tertiary/aromatic N) is 3. The highest BCUT2D eigenvalue weighted by atomic mass is 19.1. The van der Waals surface area contributed by atoms with Gasteiger partial charge in [-0.3, -0.25) is 4.79 Å². The Balaban J connectivity index is 1.79. The van der Waals surface area contributed by atoms with Crippen molar-refractivity contribution in [3.8, 4) is 0 Å². The maximum absolute atomic E-state index is 12.8. The molecule has 0 atom stereocenters. The number of halogens is 1. The summed E-state index contributed by atoms with van der Waals surface area (Å²) in [6, 6.07) is 11.6. The highest BCUT2D eigenvalue weighted by Crippen LogP contribution is 2.06. The van der Waals surface area contributed by atoms with E-state index < -0.39 is 17.3 Å². The van der Waals surface area contributed by atoms with E-state index in [0.717, 1.165) is 16.8 Å². The summed E-state index contributed by atoms with van der Waals surface area (Å²) in [5, 5.41) is 7.96. The Morgan fingerprint density at radius 3 is 2.64 bits per heavy atom. The van der Waals surface area contributed by atoms with Crippen LogP contribution in [0.1, 0.15) is 10.4 Å². The number of benzene rings is 2. The van der Waals surface area contributed by atoms with Gasteiger partial charge >= 0.3 is 5.97 Å². The highest BCUT2D eigenvalue weighted by Gasteiger charge is 2.10. The number of esters is 1. The maximum Gasteiger partial charge on any atom is 0.339 e. The van der Waals surface area contributed by atoms with E-state index in [9.17, 15) is 14.0 Å². The summed E-state index contributed by atoms with van der Waals surface area (Å²) < 4.78 is 18.7. The predicted molar refractivity (Wildman–Crippen MR) is 75.6 cm³/mol. The van der Waals surface area contributed by atoms with Crippen LogP contribution >= 0.6 is 0 Å². The highest BCUT2D eigenvalue weighted by molar-refractivity contribution is 5.89. The molecule has 0 fully saturated rings. The van der Waals surface area contributed by atoms with Crippen molar-refractivity contribution in [2.75, 3.05) is 0 Å². The van der Waals surface area contributed by atoms with Crippen molar-refractivity contribution >= 4 is 16.9 Å². The van der Waals surface area contributed by atoms with E-state index >= 15 is 0 Å². The molecule has 0 bridgehead atoms. The Bertz CT molecular complexity index is 890. The molecule has 2 aromatic carbocycles. The van der Waals surface area contributed by atoms with Crippen molar-refractivity contribution in [3.63, 3.8) is 0 Å². The van der Waals surface area contributed by atoms with Gasteiger partial charge in [0.05, 0.1) is 10.9 Å². The first kappa shape index (κ1) is 13.9. The molecule has 6 nitrogen and oxygen atoms in total. The van der Waals surface area contributed by atoms with E-state index in [1.54, 1.807) is 24.3 Å². The SMILES string of the molecule is O=C(OCn1nnc2ccccc2c1=O)c1ccc(F)cc1. The molecular formula is C15H10FN3O3. The quantitative estimate of drug-likeness (QED) is 0.689. The molecule has 0 spiro atoms. The fourth-order valence-electron chi connectivity index (χ4n) is 1.90. The molecule has 7 heteroatoms. The lowest BCUT2D eigenvalue weighted by Crippen LogP contribution is -2.26. The third-order valence-corrected chi connectivity index (χ3v) is 3.03. The van der Waals surface area contributed by atoms with E-state index in [1.165, 1.54) is 12.1 Å². The molecule has 0 saturated heterocycles. The van der Waals surface area contributed by atoms with E-state index in [-0.39, 0.29) is 12.3 Å². The number of hydrogen-bond donors (Lipinski definition) is 0. The number of carbonyl (C=O) groups is 1. The molecule has 0 amide bonds. The molecule has 0 aliphatic heterocycles. The predicted octanol–water partition coefficient (Wildman–Crippen LogP) is 1.75. The first-order chi connectivity index (χ1) is 10.6. The van der Waals surface area contributed by atoms with Crippen molar-refractivity contribution in [1.29, 1.82) is 0 Å². The molecule has 0 unspecified atom stereocenters. The zero-order valence-electron chi connectivity index (χ0n) is 11.3. The molecule has 22 heavy (non-hydrogen) atoms. The van der Waals surface area contributed by atoms with Crippen LogP contribution in [0.2, 0.25) is 0 Å². The minimum atomic E-state index is -0.679. The smallest absolute Gasteiger partial charge is 0.339 e. The fourth-order valence-corrected chi connectivity index (χ4v) is 1.90. The summed E-state index contributed by atoms with van der Waals surface area (Å²) in [4.78, 5) is 23.9. The number of hydrogen-bond acceptors (Lipinski definition) is 5. The second kappa shape index (κ2) is 5.72. The molecule has 0 aliphatic carbocycles. The van der Waals surface area contributed by atoms with Crippen LogP contribution in [0.5, 0.6) is 0 Å². The zero-order chi connectivity index (χ0) is 15.5. The number of aromatic nitrogens is 3. The van der Waals surface area contributed by atoms with Gasteiger partial charge in [0.15, 0.2) is 6.73 Å². The monoisotopic (exact) mass is 299 g/mol. The normalized spacial score (nSPS) is 10.6. The summed E-state index contributed by atoms with van der Waals surface area (Å²) in [5.41, 5.74) is 0.245. The van der Waals surface area contributed by atoms with Crippen LogP contribution in [0.15, 0.2) is 53.3 Å². The van der Waals surface area contributed by atoms with E-state index in [4.69, 9.17) is 4.74 Å². The first-order valence-corrected chi connectivity index (χ1v) is 6.40. The second-order valence-electron chi connectivity index (χ2n) is 4.48. The number of ether oxygens (including phenoxy) is 1.